The Hall–Kier alpha value is -2.20. The molecule has 0 unspecified atom stereocenters. The molecule has 0 aliphatic carbocycles. The lowest BCUT2D eigenvalue weighted by Crippen LogP contribution is -2.24. The molecule has 0 amide bonds. The lowest BCUT2D eigenvalue weighted by Gasteiger charge is -2.17. The highest BCUT2D eigenvalue weighted by Crippen LogP contribution is 2.36. The van der Waals surface area contributed by atoms with E-state index in [4.69, 9.17) is 10.5 Å². The van der Waals surface area contributed by atoms with Gasteiger partial charge >= 0.3 is 0 Å². The summed E-state index contributed by atoms with van der Waals surface area (Å²) in [5, 5.41) is 19.5. The van der Waals surface area contributed by atoms with E-state index in [9.17, 15) is 10.2 Å². The first kappa shape index (κ1) is 17.2. The number of aromatic nitrogens is 4. The third-order valence-electron chi connectivity index (χ3n) is 4.53. The van der Waals surface area contributed by atoms with Gasteiger partial charge in [-0.15, -0.1) is 11.8 Å². The highest BCUT2D eigenvalue weighted by Gasteiger charge is 2.37. The summed E-state index contributed by atoms with van der Waals surface area (Å²) < 4.78 is 7.66. The Morgan fingerprint density at radius 2 is 2.08 bits per heavy atom. The van der Waals surface area contributed by atoms with Crippen molar-refractivity contribution in [1.29, 1.82) is 0 Å². The van der Waals surface area contributed by atoms with E-state index < -0.39 is 18.4 Å². The predicted octanol–water partition coefficient (Wildman–Crippen LogP) is 1.44. The average molecular weight is 373 g/mol. The van der Waals surface area contributed by atoms with Crippen molar-refractivity contribution in [2.24, 2.45) is 0 Å². The van der Waals surface area contributed by atoms with Gasteiger partial charge < -0.3 is 20.7 Å². The molecule has 8 nitrogen and oxygen atoms in total. The number of rotatable bonds is 4. The molecule has 0 saturated carbocycles. The van der Waals surface area contributed by atoms with E-state index in [0.29, 0.717) is 23.4 Å². The van der Waals surface area contributed by atoms with Gasteiger partial charge in [-0.3, -0.25) is 4.57 Å². The topological polar surface area (TPSA) is 119 Å². The predicted molar refractivity (Wildman–Crippen MR) is 98.6 cm³/mol. The van der Waals surface area contributed by atoms with Crippen LogP contribution in [0.2, 0.25) is 0 Å². The van der Waals surface area contributed by atoms with E-state index >= 15 is 0 Å². The van der Waals surface area contributed by atoms with Crippen LogP contribution < -0.4 is 5.73 Å². The smallest absolute Gasteiger partial charge is 0.168 e. The molecule has 9 heteroatoms. The van der Waals surface area contributed by atoms with Gasteiger partial charge in [-0.25, -0.2) is 15.0 Å². The molecule has 3 atom stereocenters. The van der Waals surface area contributed by atoms with Crippen LogP contribution in [-0.2, 0) is 4.74 Å². The maximum atomic E-state index is 10.1. The van der Waals surface area contributed by atoms with Crippen LogP contribution in [0.4, 0.5) is 5.82 Å². The normalized spacial score (nSPS) is 23.0. The van der Waals surface area contributed by atoms with Crippen molar-refractivity contribution in [2.75, 3.05) is 18.6 Å². The van der Waals surface area contributed by atoms with E-state index in [1.807, 2.05) is 35.1 Å². The number of fused-ring (bicyclic) bond motifs is 1. The van der Waals surface area contributed by atoms with Crippen LogP contribution in [0.5, 0.6) is 0 Å². The molecule has 136 valence electrons. The maximum absolute atomic E-state index is 10.1. The number of aliphatic hydroxyl groups excluding tert-OH is 2. The molecule has 1 aliphatic heterocycles. The van der Waals surface area contributed by atoms with Crippen molar-refractivity contribution < 1.29 is 14.9 Å². The molecule has 26 heavy (non-hydrogen) atoms. The first-order valence-corrected chi connectivity index (χ1v) is 9.42. The monoisotopic (exact) mass is 373 g/mol. The minimum absolute atomic E-state index is 0.251. The lowest BCUT2D eigenvalue weighted by molar-refractivity contribution is -0.0426. The van der Waals surface area contributed by atoms with Crippen LogP contribution in [0, 0.1) is 0 Å². The molecule has 1 aromatic carbocycles. The van der Waals surface area contributed by atoms with Crippen LogP contribution >= 0.6 is 11.8 Å². The van der Waals surface area contributed by atoms with Crippen LogP contribution in [-0.4, -0.2) is 54.8 Å². The number of ether oxygens (including phenoxy) is 1. The fourth-order valence-electron chi connectivity index (χ4n) is 3.18. The van der Waals surface area contributed by atoms with Gasteiger partial charge in [0.05, 0.1) is 12.7 Å². The molecule has 1 aliphatic rings. The summed E-state index contributed by atoms with van der Waals surface area (Å²) >= 11 is 1.66. The highest BCUT2D eigenvalue weighted by molar-refractivity contribution is 7.98. The number of aliphatic hydroxyl groups is 2. The Kier molecular flexibility index (Phi) is 4.53. The number of hydrogen-bond donors (Lipinski definition) is 3. The van der Waals surface area contributed by atoms with Gasteiger partial charge in [0.2, 0.25) is 0 Å². The fraction of sp³-hybridized carbons (Fsp3) is 0.353. The molecule has 1 saturated heterocycles. The molecule has 0 radical (unpaired) electrons. The van der Waals surface area contributed by atoms with Crippen molar-refractivity contribution in [3.63, 3.8) is 0 Å². The summed E-state index contributed by atoms with van der Waals surface area (Å²) in [4.78, 5) is 14.1. The van der Waals surface area contributed by atoms with Crippen LogP contribution in [0.25, 0.3) is 22.6 Å². The Morgan fingerprint density at radius 3 is 2.73 bits per heavy atom. The summed E-state index contributed by atoms with van der Waals surface area (Å²) in [7, 11) is 0. The molecule has 2 aromatic heterocycles. The van der Waals surface area contributed by atoms with Crippen molar-refractivity contribution in [1.82, 2.24) is 19.5 Å². The third-order valence-corrected chi connectivity index (χ3v) is 5.27. The fourth-order valence-corrected chi connectivity index (χ4v) is 3.59. The summed E-state index contributed by atoms with van der Waals surface area (Å²) in [6, 6.07) is 7.98. The minimum Gasteiger partial charge on any atom is -0.394 e. The molecule has 0 bridgehead atoms. The number of nitrogens with two attached hydrogens (primary N) is 1. The van der Waals surface area contributed by atoms with Crippen molar-refractivity contribution >= 4 is 28.7 Å². The SMILES string of the molecule is CSc1ccc(-c2nc3c(N)ncnc3n2[C@H]2C[C@H](O)[C@@H](CO)O2)cc1. The quantitative estimate of drug-likeness (QED) is 0.588. The second kappa shape index (κ2) is 6.84. The summed E-state index contributed by atoms with van der Waals surface area (Å²) in [5.74, 6) is 0.920. The summed E-state index contributed by atoms with van der Waals surface area (Å²) in [6.07, 6.45) is 1.83. The largest absolute Gasteiger partial charge is 0.394 e. The summed E-state index contributed by atoms with van der Waals surface area (Å²) in [5.41, 5.74) is 7.89. The Bertz CT molecular complexity index is 930. The zero-order valence-electron chi connectivity index (χ0n) is 14.1. The molecular formula is C17H19N5O3S. The molecule has 3 aromatic rings. The van der Waals surface area contributed by atoms with E-state index in [1.54, 1.807) is 11.8 Å². The van der Waals surface area contributed by atoms with Crippen molar-refractivity contribution in [3.8, 4) is 11.4 Å². The number of benzene rings is 1. The van der Waals surface area contributed by atoms with Gasteiger partial charge in [-0.1, -0.05) is 12.1 Å². The van der Waals surface area contributed by atoms with E-state index in [0.717, 1.165) is 10.5 Å². The number of nitrogen functional groups attached to an aromatic ring is 1. The van der Waals surface area contributed by atoms with E-state index in [1.165, 1.54) is 6.33 Å². The molecular weight excluding hydrogens is 354 g/mol. The number of hydrogen-bond acceptors (Lipinski definition) is 8. The second-order valence-electron chi connectivity index (χ2n) is 6.08. The molecule has 3 heterocycles. The van der Waals surface area contributed by atoms with Crippen molar-refractivity contribution in [2.45, 2.75) is 29.8 Å². The first-order chi connectivity index (χ1) is 12.6. The molecule has 4 N–H and O–H groups in total. The van der Waals surface area contributed by atoms with Gasteiger partial charge in [-0.05, 0) is 18.4 Å². The number of thioether (sulfide) groups is 1. The molecule has 0 spiro atoms. The van der Waals surface area contributed by atoms with Gasteiger partial charge in [0.15, 0.2) is 17.0 Å². The first-order valence-electron chi connectivity index (χ1n) is 8.19. The van der Waals surface area contributed by atoms with Crippen LogP contribution in [0.3, 0.4) is 0 Å². The Balaban J connectivity index is 1.87. The number of anilines is 1. The van der Waals surface area contributed by atoms with Gasteiger partial charge in [0.25, 0.3) is 0 Å². The Morgan fingerprint density at radius 1 is 1.31 bits per heavy atom. The van der Waals surface area contributed by atoms with Gasteiger partial charge in [0.1, 0.15) is 24.5 Å². The van der Waals surface area contributed by atoms with Crippen molar-refractivity contribution in [3.05, 3.63) is 30.6 Å². The second-order valence-corrected chi connectivity index (χ2v) is 6.96. The minimum atomic E-state index is -0.756. The van der Waals surface area contributed by atoms with Gasteiger partial charge in [0, 0.05) is 16.9 Å². The molecule has 4 rings (SSSR count). The highest BCUT2D eigenvalue weighted by atomic mass is 32.2. The van der Waals surface area contributed by atoms with E-state index in [-0.39, 0.29) is 12.4 Å². The Labute approximate surface area is 154 Å². The number of nitrogens with zero attached hydrogens (tertiary/aromatic N) is 4. The molecule has 1 fully saturated rings. The zero-order valence-corrected chi connectivity index (χ0v) is 14.9. The van der Waals surface area contributed by atoms with E-state index in [2.05, 4.69) is 15.0 Å². The van der Waals surface area contributed by atoms with Crippen LogP contribution in [0.1, 0.15) is 12.6 Å². The average Bonchev–Trinajstić information content (AvgIpc) is 3.23. The van der Waals surface area contributed by atoms with Gasteiger partial charge in [-0.2, -0.15) is 0 Å². The standard InChI is InChI=1S/C17H19N5O3S/c1-26-10-4-2-9(3-5-10)16-21-14-15(18)19-8-20-17(14)22(16)13-6-11(24)12(7-23)25-13/h2-5,8,11-13,23-24H,6-7H2,1H3,(H2,18,19,20)/t11-,12+,13+/m0/s1. The number of imidazole rings is 1. The van der Waals surface area contributed by atoms with Crippen LogP contribution in [0.15, 0.2) is 35.5 Å². The third kappa shape index (κ3) is 2.82. The summed E-state index contributed by atoms with van der Waals surface area (Å²) in [6.45, 7) is -0.251. The zero-order chi connectivity index (χ0) is 18.3. The maximum Gasteiger partial charge on any atom is 0.168 e. The lowest BCUT2D eigenvalue weighted by atomic mass is 10.2.